The molecule has 0 radical (unpaired) electrons. The minimum atomic E-state index is -0.365. The number of hydrogen-bond donors (Lipinski definition) is 0. The van der Waals surface area contributed by atoms with Crippen molar-refractivity contribution in [3.8, 4) is 0 Å². The lowest BCUT2D eigenvalue weighted by Crippen LogP contribution is -2.31. The van der Waals surface area contributed by atoms with E-state index in [1.165, 1.54) is 9.80 Å². The lowest BCUT2D eigenvalue weighted by Gasteiger charge is -2.13. The van der Waals surface area contributed by atoms with Gasteiger partial charge in [0.25, 0.3) is 11.8 Å². The number of amides is 2. The van der Waals surface area contributed by atoms with Crippen molar-refractivity contribution in [2.24, 2.45) is 0 Å². The van der Waals surface area contributed by atoms with Crippen molar-refractivity contribution in [3.05, 3.63) is 34.7 Å². The van der Waals surface area contributed by atoms with Crippen molar-refractivity contribution in [1.29, 1.82) is 0 Å². The topological polar surface area (TPSA) is 66.9 Å². The zero-order valence-corrected chi connectivity index (χ0v) is 16.1. The molecule has 0 N–H and O–H groups in total. The molecule has 2 heterocycles. The number of para-hydroxylation sites is 1. The molecule has 0 aliphatic carbocycles. The maximum atomic E-state index is 12.8. The van der Waals surface area contributed by atoms with Gasteiger partial charge in [0.2, 0.25) is 0 Å². The number of benzene rings is 1. The molecule has 1 fully saturated rings. The third-order valence-corrected chi connectivity index (χ3v) is 5.58. The molecule has 0 atom stereocenters. The zero-order valence-electron chi connectivity index (χ0n) is 14.5. The number of esters is 1. The second-order valence-corrected chi connectivity index (χ2v) is 7.52. The summed E-state index contributed by atoms with van der Waals surface area (Å²) in [6.45, 7) is 2.42. The van der Waals surface area contributed by atoms with Crippen LogP contribution in [0.4, 0.5) is 5.69 Å². The van der Waals surface area contributed by atoms with Gasteiger partial charge in [0.05, 0.1) is 29.2 Å². The number of likely N-dealkylation sites (N-methyl/N-ethyl adjacent to an activating group) is 1. The van der Waals surface area contributed by atoms with Crippen LogP contribution in [0.2, 0.25) is 0 Å². The number of hydrogen-bond acceptors (Lipinski definition) is 6. The van der Waals surface area contributed by atoms with Gasteiger partial charge in [-0.05, 0) is 12.5 Å². The molecule has 8 heteroatoms. The fourth-order valence-corrected chi connectivity index (χ4v) is 4.20. The number of rotatable bonds is 5. The number of thiocarbonyl (C=S) groups is 1. The number of carbonyl (C=O) groups is 3. The normalized spacial score (nSPS) is 19.4. The first-order valence-electron chi connectivity index (χ1n) is 8.26. The molecule has 0 saturated carbocycles. The molecule has 26 heavy (non-hydrogen) atoms. The van der Waals surface area contributed by atoms with E-state index in [1.807, 2.05) is 31.2 Å². The fourth-order valence-electron chi connectivity index (χ4n) is 2.82. The molecule has 2 aliphatic rings. The molecule has 2 amide bonds. The molecular weight excluding hydrogens is 372 g/mol. The zero-order chi connectivity index (χ0) is 18.8. The Labute approximate surface area is 161 Å². The summed E-state index contributed by atoms with van der Waals surface area (Å²) < 4.78 is 5.37. The lowest BCUT2D eigenvalue weighted by molar-refractivity contribution is -0.144. The molecule has 1 aromatic rings. The summed E-state index contributed by atoms with van der Waals surface area (Å²) in [7, 11) is 1.68. The summed E-state index contributed by atoms with van der Waals surface area (Å²) in [4.78, 5) is 40.4. The van der Waals surface area contributed by atoms with Gasteiger partial charge >= 0.3 is 5.97 Å². The largest absolute Gasteiger partial charge is 0.466 e. The van der Waals surface area contributed by atoms with E-state index >= 15 is 0 Å². The van der Waals surface area contributed by atoms with Gasteiger partial charge in [0.15, 0.2) is 0 Å². The maximum absolute atomic E-state index is 12.8. The average Bonchev–Trinajstić information content (AvgIpc) is 3.05. The Bertz CT molecular complexity index is 834. The first-order chi connectivity index (χ1) is 12.5. The second kappa shape index (κ2) is 7.59. The van der Waals surface area contributed by atoms with Gasteiger partial charge in [-0.1, -0.05) is 49.1 Å². The Morgan fingerprint density at radius 1 is 1.23 bits per heavy atom. The molecule has 1 saturated heterocycles. The van der Waals surface area contributed by atoms with Gasteiger partial charge in [0.1, 0.15) is 4.32 Å². The highest BCUT2D eigenvalue weighted by atomic mass is 32.2. The minimum Gasteiger partial charge on any atom is -0.466 e. The molecule has 0 spiro atoms. The van der Waals surface area contributed by atoms with Crippen molar-refractivity contribution < 1.29 is 19.1 Å². The molecule has 0 bridgehead atoms. The monoisotopic (exact) mass is 390 g/mol. The lowest BCUT2D eigenvalue weighted by atomic mass is 10.1. The Balaban J connectivity index is 1.84. The highest BCUT2D eigenvalue weighted by Gasteiger charge is 2.40. The van der Waals surface area contributed by atoms with E-state index in [-0.39, 0.29) is 30.7 Å². The number of nitrogens with zero attached hydrogens (tertiary/aromatic N) is 2. The van der Waals surface area contributed by atoms with Crippen molar-refractivity contribution >= 4 is 57.3 Å². The third-order valence-electron chi connectivity index (χ3n) is 4.14. The minimum absolute atomic E-state index is 0.0689. The Hall–Kier alpha value is -2.19. The van der Waals surface area contributed by atoms with E-state index < -0.39 is 0 Å². The Morgan fingerprint density at radius 3 is 2.69 bits per heavy atom. The average molecular weight is 390 g/mol. The molecular formula is C18H18N2O4S2. The van der Waals surface area contributed by atoms with Gasteiger partial charge in [-0.15, -0.1) is 0 Å². The molecule has 3 rings (SSSR count). The van der Waals surface area contributed by atoms with Crippen LogP contribution in [-0.2, 0) is 19.1 Å². The molecule has 136 valence electrons. The van der Waals surface area contributed by atoms with E-state index in [1.54, 1.807) is 7.05 Å². The maximum Gasteiger partial charge on any atom is 0.307 e. The molecule has 2 aliphatic heterocycles. The number of ether oxygens (including phenoxy) is 1. The van der Waals surface area contributed by atoms with Crippen LogP contribution >= 0.6 is 24.0 Å². The summed E-state index contributed by atoms with van der Waals surface area (Å²) in [5.74, 6) is -0.929. The Kier molecular flexibility index (Phi) is 5.43. The predicted octanol–water partition coefficient (Wildman–Crippen LogP) is 2.58. The predicted molar refractivity (Wildman–Crippen MR) is 105 cm³/mol. The van der Waals surface area contributed by atoms with E-state index in [4.69, 9.17) is 17.0 Å². The summed E-state index contributed by atoms with van der Waals surface area (Å²) in [5.41, 5.74) is 1.86. The van der Waals surface area contributed by atoms with Gasteiger partial charge in [-0.25, -0.2) is 0 Å². The quantitative estimate of drug-likeness (QED) is 0.437. The van der Waals surface area contributed by atoms with Gasteiger partial charge < -0.3 is 9.64 Å². The van der Waals surface area contributed by atoms with E-state index in [2.05, 4.69) is 0 Å². The van der Waals surface area contributed by atoms with Crippen LogP contribution in [0.15, 0.2) is 29.2 Å². The van der Waals surface area contributed by atoms with Crippen molar-refractivity contribution in [1.82, 2.24) is 4.90 Å². The van der Waals surface area contributed by atoms with Crippen LogP contribution in [0.5, 0.6) is 0 Å². The first-order valence-corrected chi connectivity index (χ1v) is 9.49. The van der Waals surface area contributed by atoms with Gasteiger partial charge in [-0.2, -0.15) is 0 Å². The number of fused-ring (bicyclic) bond motifs is 1. The number of carbonyl (C=O) groups excluding carboxylic acids is 3. The molecule has 6 nitrogen and oxygen atoms in total. The summed E-state index contributed by atoms with van der Waals surface area (Å²) >= 11 is 6.40. The highest BCUT2D eigenvalue weighted by Crippen LogP contribution is 2.43. The van der Waals surface area contributed by atoms with Crippen LogP contribution in [0.1, 0.15) is 25.3 Å². The second-order valence-electron chi connectivity index (χ2n) is 5.88. The molecule has 0 aromatic heterocycles. The Morgan fingerprint density at radius 2 is 1.96 bits per heavy atom. The number of thioether (sulfide) groups is 1. The summed E-state index contributed by atoms with van der Waals surface area (Å²) in [6, 6.07) is 7.33. The highest BCUT2D eigenvalue weighted by molar-refractivity contribution is 8.26. The fraction of sp³-hybridized carbons (Fsp3) is 0.333. The first kappa shape index (κ1) is 18.6. The van der Waals surface area contributed by atoms with Gasteiger partial charge in [0, 0.05) is 19.2 Å². The van der Waals surface area contributed by atoms with E-state index in [9.17, 15) is 14.4 Å². The van der Waals surface area contributed by atoms with Crippen LogP contribution in [0, 0.1) is 0 Å². The van der Waals surface area contributed by atoms with Crippen molar-refractivity contribution in [2.75, 3.05) is 25.1 Å². The summed E-state index contributed by atoms with van der Waals surface area (Å²) in [5, 5.41) is 0. The molecule has 1 aromatic carbocycles. The number of anilines is 1. The standard InChI is InChI=1S/C18H18N2O4S2/c1-3-10-24-13(21)8-9-20-17(23)15(26-18(20)25)14-11-6-4-5-7-12(11)19(2)16(14)22/h4-7H,3,8-10H2,1-2H3/b15-14-. The third kappa shape index (κ3) is 3.26. The van der Waals surface area contributed by atoms with Crippen molar-refractivity contribution in [3.63, 3.8) is 0 Å². The van der Waals surface area contributed by atoms with Crippen LogP contribution in [0.25, 0.3) is 5.57 Å². The van der Waals surface area contributed by atoms with Crippen LogP contribution in [-0.4, -0.2) is 47.2 Å². The van der Waals surface area contributed by atoms with Gasteiger partial charge in [-0.3, -0.25) is 19.3 Å². The molecule has 0 unspecified atom stereocenters. The van der Waals surface area contributed by atoms with Crippen molar-refractivity contribution in [2.45, 2.75) is 19.8 Å². The van der Waals surface area contributed by atoms with Crippen LogP contribution < -0.4 is 4.90 Å². The smallest absolute Gasteiger partial charge is 0.307 e. The SMILES string of the molecule is CCCOC(=O)CCN1C(=O)/C(=C2/C(=O)N(C)c3ccccc32)SC1=S. The van der Waals surface area contributed by atoms with E-state index in [0.717, 1.165) is 29.4 Å². The summed E-state index contributed by atoms with van der Waals surface area (Å²) in [6.07, 6.45) is 0.813. The van der Waals surface area contributed by atoms with E-state index in [0.29, 0.717) is 21.4 Å². The van der Waals surface area contributed by atoms with Crippen LogP contribution in [0.3, 0.4) is 0 Å².